The molecule has 70 heavy (non-hydrogen) atoms. The van der Waals surface area contributed by atoms with E-state index < -0.39 is 5.41 Å². The van der Waals surface area contributed by atoms with Crippen LogP contribution in [0.15, 0.2) is 72.8 Å². The third kappa shape index (κ3) is 15.3. The topological polar surface area (TPSA) is 197 Å². The summed E-state index contributed by atoms with van der Waals surface area (Å²) >= 11 is 17.9. The molecule has 20 heteroatoms. The zero-order valence-corrected chi connectivity index (χ0v) is 45.5. The van der Waals surface area contributed by atoms with E-state index in [4.69, 9.17) is 65.2 Å². The fraction of sp³-hybridized carbons (Fsp3) is 0.340. The van der Waals surface area contributed by atoms with E-state index in [1.807, 2.05) is 80.6 Å². The van der Waals surface area contributed by atoms with E-state index in [9.17, 15) is 4.79 Å². The van der Waals surface area contributed by atoms with Crippen LogP contribution < -0.4 is 80.8 Å². The quantitative estimate of drug-likeness (QED) is 0.0669. The Bertz CT molecular complexity index is 2700. The second-order valence-corrected chi connectivity index (χ2v) is 18.1. The van der Waals surface area contributed by atoms with Crippen molar-refractivity contribution in [2.24, 2.45) is 5.41 Å². The number of nitrogen functional groups attached to an aromatic ring is 2. The zero-order chi connectivity index (χ0) is 49.1. The van der Waals surface area contributed by atoms with Gasteiger partial charge in [-0.05, 0) is 109 Å². The average molecular weight is 1020 g/mol. The molecule has 7 N–H and O–H groups in total. The second-order valence-electron chi connectivity index (χ2n) is 17.0. The summed E-state index contributed by atoms with van der Waals surface area (Å²) in [6.45, 7) is 12.1. The Kier molecular flexibility index (Phi) is 21.4. The Morgan fingerprint density at radius 2 is 1.09 bits per heavy atom. The van der Waals surface area contributed by atoms with Crippen molar-refractivity contribution < 1.29 is 54.7 Å². The predicted octanol–water partition coefficient (Wildman–Crippen LogP) is 7.07. The molecule has 0 bridgehead atoms. The van der Waals surface area contributed by atoms with E-state index in [2.05, 4.69) is 54.1 Å². The van der Waals surface area contributed by atoms with Crippen LogP contribution in [0.1, 0.15) is 56.1 Å². The Balaban J connectivity index is 0.000000238. The van der Waals surface area contributed by atoms with E-state index in [1.165, 1.54) is 22.3 Å². The Morgan fingerprint density at radius 1 is 0.643 bits per heavy atom. The number of amides is 1. The number of nitrogens with zero attached hydrogens (tertiary/aromatic N) is 5. The first-order valence-electron chi connectivity index (χ1n) is 22.1. The summed E-state index contributed by atoms with van der Waals surface area (Å²) in [4.78, 5) is 30.0. The van der Waals surface area contributed by atoms with Gasteiger partial charge in [0.2, 0.25) is 5.91 Å². The molecule has 4 aliphatic rings. The van der Waals surface area contributed by atoms with Crippen LogP contribution in [0.25, 0.3) is 0 Å². The molecule has 2 aromatic heterocycles. The number of nitrogens with one attached hydrogen (secondary N) is 3. The number of fused-ring (bicyclic) bond motifs is 4. The van der Waals surface area contributed by atoms with Crippen LogP contribution >= 0.6 is 34.8 Å². The van der Waals surface area contributed by atoms with E-state index in [-0.39, 0.29) is 61.3 Å². The van der Waals surface area contributed by atoms with Crippen molar-refractivity contribution in [3.05, 3.63) is 122 Å². The van der Waals surface area contributed by atoms with Gasteiger partial charge in [-0.3, -0.25) is 4.79 Å². The van der Waals surface area contributed by atoms with Gasteiger partial charge in [0.05, 0.1) is 26.4 Å². The van der Waals surface area contributed by atoms with Gasteiger partial charge >= 0.3 is 29.6 Å². The first-order chi connectivity index (χ1) is 32.4. The second kappa shape index (κ2) is 26.2. The smallest absolute Gasteiger partial charge is 1.00 e. The summed E-state index contributed by atoms with van der Waals surface area (Å²) in [5.41, 5.74) is 20.1. The molecular formula is C50H60BCl3N10NaO5. The molecule has 0 atom stereocenters. The third-order valence-corrected chi connectivity index (χ3v) is 11.9. The summed E-state index contributed by atoms with van der Waals surface area (Å²) in [6.07, 6.45) is 4.02. The van der Waals surface area contributed by atoms with Crippen molar-refractivity contribution >= 4 is 89.3 Å². The molecule has 0 aliphatic carbocycles. The number of halogens is 3. The van der Waals surface area contributed by atoms with Crippen LogP contribution in [0.3, 0.4) is 0 Å². The molecule has 0 saturated heterocycles. The molecule has 0 saturated carbocycles. The first-order valence-corrected chi connectivity index (χ1v) is 23.3. The number of carbonyl (C=O) groups excluding carboxylic acids is 1. The number of aryl methyl sites for hydroxylation is 2. The minimum absolute atomic E-state index is 0. The van der Waals surface area contributed by atoms with Gasteiger partial charge in [0.25, 0.3) is 0 Å². The number of carbonyl (C=O) groups is 1. The number of hydrogen-bond acceptors (Lipinski definition) is 14. The van der Waals surface area contributed by atoms with Crippen molar-refractivity contribution in [1.82, 2.24) is 19.9 Å². The molecule has 1 amide bonds. The van der Waals surface area contributed by atoms with E-state index >= 15 is 0 Å². The molecule has 6 heterocycles. The zero-order valence-electron chi connectivity index (χ0n) is 42.2. The number of nitrogens with two attached hydrogens (primary N) is 2. The largest absolute Gasteiger partial charge is 1.00 e. The van der Waals surface area contributed by atoms with Crippen LogP contribution in [0.2, 0.25) is 15.2 Å². The monoisotopic (exact) mass is 1020 g/mol. The number of anilines is 7. The van der Waals surface area contributed by atoms with Gasteiger partial charge in [0.1, 0.15) is 50.5 Å². The Morgan fingerprint density at radius 3 is 1.57 bits per heavy atom. The molecule has 6 aromatic rings. The molecule has 365 valence electrons. The van der Waals surface area contributed by atoms with Crippen molar-refractivity contribution in [3.63, 3.8) is 0 Å². The van der Waals surface area contributed by atoms with Crippen molar-refractivity contribution in [3.8, 4) is 23.0 Å². The maximum atomic E-state index is 11.7. The number of aromatic nitrogens is 4. The number of rotatable bonds is 5. The molecule has 10 rings (SSSR count). The van der Waals surface area contributed by atoms with Gasteiger partial charge in [-0.2, -0.15) is 0 Å². The van der Waals surface area contributed by atoms with Gasteiger partial charge in [-0.15, -0.1) is 0 Å². The molecule has 4 aromatic carbocycles. The van der Waals surface area contributed by atoms with Crippen molar-refractivity contribution in [2.45, 2.75) is 60.3 Å². The summed E-state index contributed by atoms with van der Waals surface area (Å²) in [6, 6.07) is 24.2. The average Bonchev–Trinajstić information content (AvgIpc) is 4.17. The van der Waals surface area contributed by atoms with Crippen LogP contribution in [-0.2, 0) is 30.5 Å². The van der Waals surface area contributed by atoms with Crippen LogP contribution in [0.5, 0.6) is 23.0 Å². The standard InChI is InChI=1S/C14H15ClN4O.C10H13Cl2N3O.2C9H11NO.C8H9NO.B.Na.H/c1-8-17-13(16)12(15)14(18-8)19(2)10-3-4-11-9(7-10)5-6-20-11;1-5-13-7(12)6(11)8(14-5)15-9(16)10(2,3)4;2*1-10-8-2-3-9-7(6-8)4-5-11-9;9-7-1-2-8-6(5-7)3-4-10-8;;;/h3-4,7H,5-6H2,1-2H3,(H2,16,17,18);1-4H3,(H,13,14,15,16);2*2-3,6,10H,4-5H2,1H3;1-2,5H,3-4,9H2;;;/q;;;;;;+1;-1. The van der Waals surface area contributed by atoms with E-state index in [0.29, 0.717) is 28.3 Å². The normalized spacial score (nSPS) is 12.7. The molecule has 0 fully saturated rings. The molecule has 15 nitrogen and oxygen atoms in total. The van der Waals surface area contributed by atoms with Gasteiger partial charge < -0.3 is 52.7 Å². The van der Waals surface area contributed by atoms with Crippen molar-refractivity contribution in [1.29, 1.82) is 0 Å². The molecular weight excluding hydrogens is 961 g/mol. The maximum Gasteiger partial charge on any atom is 1.00 e. The molecule has 4 aliphatic heterocycles. The summed E-state index contributed by atoms with van der Waals surface area (Å²) in [5, 5.41) is 9.49. The summed E-state index contributed by atoms with van der Waals surface area (Å²) in [5.74, 6) is 6.06. The minimum Gasteiger partial charge on any atom is -1.00 e. The number of benzene rings is 4. The number of ether oxygens (including phenoxy) is 4. The van der Waals surface area contributed by atoms with Crippen LogP contribution in [-0.4, -0.2) is 81.8 Å². The molecule has 3 radical (unpaired) electrons. The minimum atomic E-state index is -0.519. The SMILES string of the molecule is CNc1ccc2c(c1)CCO2.CNc1ccc2c(c1)CCO2.Cc1nc(Cl)c(Cl)c(NC(=O)C(C)(C)C)n1.Cc1nc(N)c(Cl)c(N(C)c2ccc3c(c2)CCO3)n1.Nc1ccc2c(c1)CCO2.[B].[H-].[Na+]. The van der Waals surface area contributed by atoms with Crippen molar-refractivity contribution in [2.75, 3.05) is 79.9 Å². The van der Waals surface area contributed by atoms with Gasteiger partial charge in [-0.1, -0.05) is 55.6 Å². The summed E-state index contributed by atoms with van der Waals surface area (Å²) in [7, 11) is 5.76. The van der Waals surface area contributed by atoms with Gasteiger partial charge in [0.15, 0.2) is 16.8 Å². The first kappa shape index (κ1) is 57.2. The fourth-order valence-corrected chi connectivity index (χ4v) is 7.64. The molecule has 0 spiro atoms. The Hall–Kier alpha value is -5.36. The number of hydrogen-bond donors (Lipinski definition) is 5. The van der Waals surface area contributed by atoms with E-state index in [0.717, 1.165) is 97.9 Å². The third-order valence-electron chi connectivity index (χ3n) is 10.9. The molecule has 0 unspecified atom stereocenters. The van der Waals surface area contributed by atoms with Gasteiger partial charge in [-0.25, -0.2) is 19.9 Å². The van der Waals surface area contributed by atoms with E-state index in [1.54, 1.807) is 34.6 Å². The van der Waals surface area contributed by atoms with Crippen LogP contribution in [0, 0.1) is 19.3 Å². The van der Waals surface area contributed by atoms with Gasteiger partial charge in [0, 0.05) is 83.4 Å². The fourth-order valence-electron chi connectivity index (χ4n) is 7.08. The predicted molar refractivity (Wildman–Crippen MR) is 282 cm³/mol. The summed E-state index contributed by atoms with van der Waals surface area (Å²) < 4.78 is 21.5. The Labute approximate surface area is 451 Å². The van der Waals surface area contributed by atoms with Crippen LogP contribution in [0.4, 0.5) is 40.2 Å². The maximum absolute atomic E-state index is 11.7.